The van der Waals surface area contributed by atoms with Gasteiger partial charge in [0.15, 0.2) is 0 Å². The zero-order valence-corrected chi connectivity index (χ0v) is 19.1. The van der Waals surface area contributed by atoms with Crippen LogP contribution in [0.1, 0.15) is 58.9 Å². The smallest absolute Gasteiger partial charge is 0.251 e. The van der Waals surface area contributed by atoms with Crippen LogP contribution < -0.4 is 10.9 Å². The van der Waals surface area contributed by atoms with Crippen molar-refractivity contribution in [2.24, 2.45) is 5.92 Å². The molecule has 2 bridgehead atoms. The van der Waals surface area contributed by atoms with Crippen LogP contribution in [0.2, 0.25) is 0 Å². The van der Waals surface area contributed by atoms with Gasteiger partial charge in [0.25, 0.3) is 11.5 Å². The van der Waals surface area contributed by atoms with Gasteiger partial charge in [0.2, 0.25) is 0 Å². The predicted octanol–water partition coefficient (Wildman–Crippen LogP) is 3.45. The highest BCUT2D eigenvalue weighted by atomic mass is 16.1. The summed E-state index contributed by atoms with van der Waals surface area (Å²) in [4.78, 5) is 31.2. The minimum atomic E-state index is 0.00886. The molecule has 1 aromatic carbocycles. The molecule has 6 heteroatoms. The van der Waals surface area contributed by atoms with Crippen LogP contribution in [-0.2, 0) is 19.4 Å². The Bertz CT molecular complexity index is 1260. The standard InChI is InChI=1S/C27H32N4O2/c32-26-8-4-7-25-20-13-18(16-31(25)26)15-30(17-20)12-11-28-27(33)19-9-10-24-22(14-19)21-5-2-1-3-6-23(21)29-24/h4,7-10,14,18,20,29H,1-3,5-6,11-13,15-17H2,(H,28,33)/t18-,20+/m1/s1. The molecule has 0 spiro atoms. The Morgan fingerprint density at radius 2 is 1.97 bits per heavy atom. The number of aromatic amines is 1. The molecule has 3 aliphatic rings. The Morgan fingerprint density at radius 1 is 1.06 bits per heavy atom. The Hall–Kier alpha value is -2.86. The molecule has 3 aromatic rings. The van der Waals surface area contributed by atoms with Crippen molar-refractivity contribution in [3.05, 3.63) is 69.3 Å². The quantitative estimate of drug-likeness (QED) is 0.606. The van der Waals surface area contributed by atoms with Gasteiger partial charge in [-0.1, -0.05) is 12.5 Å². The number of fused-ring (bicyclic) bond motifs is 7. The van der Waals surface area contributed by atoms with Crippen LogP contribution in [0.5, 0.6) is 0 Å². The fourth-order valence-electron chi connectivity index (χ4n) is 6.33. The summed E-state index contributed by atoms with van der Waals surface area (Å²) in [5.41, 5.74) is 5.97. The van der Waals surface area contributed by atoms with E-state index >= 15 is 0 Å². The van der Waals surface area contributed by atoms with Gasteiger partial charge in [-0.15, -0.1) is 0 Å². The molecule has 0 saturated carbocycles. The van der Waals surface area contributed by atoms with Crippen molar-refractivity contribution in [3.63, 3.8) is 0 Å². The molecule has 0 radical (unpaired) electrons. The normalized spacial score (nSPS) is 22.4. The van der Waals surface area contributed by atoms with E-state index in [1.807, 2.05) is 16.7 Å². The summed E-state index contributed by atoms with van der Waals surface area (Å²) in [5, 5.41) is 4.36. The first-order valence-electron chi connectivity index (χ1n) is 12.5. The van der Waals surface area contributed by atoms with E-state index in [9.17, 15) is 9.59 Å². The largest absolute Gasteiger partial charge is 0.358 e. The van der Waals surface area contributed by atoms with E-state index in [0.29, 0.717) is 18.4 Å². The van der Waals surface area contributed by atoms with Gasteiger partial charge in [0, 0.05) is 72.6 Å². The lowest BCUT2D eigenvalue weighted by atomic mass is 9.83. The van der Waals surface area contributed by atoms with E-state index in [2.05, 4.69) is 33.4 Å². The number of benzene rings is 1. The number of likely N-dealkylation sites (tertiary alicyclic amines) is 1. The maximum atomic E-state index is 12.9. The van der Waals surface area contributed by atoms with Gasteiger partial charge < -0.3 is 19.8 Å². The van der Waals surface area contributed by atoms with E-state index in [1.165, 1.54) is 41.6 Å². The predicted molar refractivity (Wildman–Crippen MR) is 130 cm³/mol. The van der Waals surface area contributed by atoms with Gasteiger partial charge in [-0.2, -0.15) is 0 Å². The second-order valence-electron chi connectivity index (χ2n) is 10.1. The Labute approximate surface area is 194 Å². The number of rotatable bonds is 4. The van der Waals surface area contributed by atoms with Crippen LogP contribution in [-0.4, -0.2) is 46.5 Å². The van der Waals surface area contributed by atoms with Crippen molar-refractivity contribution in [3.8, 4) is 0 Å². The van der Waals surface area contributed by atoms with Gasteiger partial charge in [-0.3, -0.25) is 9.59 Å². The molecular weight excluding hydrogens is 412 g/mol. The third-order valence-electron chi connectivity index (χ3n) is 7.88. The molecule has 2 N–H and O–H groups in total. The van der Waals surface area contributed by atoms with Crippen LogP contribution in [0.4, 0.5) is 0 Å². The van der Waals surface area contributed by atoms with E-state index < -0.39 is 0 Å². The number of pyridine rings is 1. The van der Waals surface area contributed by atoms with Crippen LogP contribution in [0.15, 0.2) is 41.2 Å². The number of carbonyl (C=O) groups excluding carboxylic acids is 1. The van der Waals surface area contributed by atoms with Crippen molar-refractivity contribution < 1.29 is 4.79 Å². The van der Waals surface area contributed by atoms with Crippen molar-refractivity contribution in [1.82, 2.24) is 19.8 Å². The first-order chi connectivity index (χ1) is 16.2. The maximum Gasteiger partial charge on any atom is 0.251 e. The molecule has 1 aliphatic carbocycles. The lowest BCUT2D eigenvalue weighted by molar-refractivity contribution is 0.0927. The third-order valence-corrected chi connectivity index (χ3v) is 7.88. The van der Waals surface area contributed by atoms with Crippen LogP contribution >= 0.6 is 0 Å². The third kappa shape index (κ3) is 3.90. The zero-order chi connectivity index (χ0) is 22.4. The highest BCUT2D eigenvalue weighted by Gasteiger charge is 2.34. The average molecular weight is 445 g/mol. The molecule has 1 saturated heterocycles. The molecular formula is C27H32N4O2. The summed E-state index contributed by atoms with van der Waals surface area (Å²) in [7, 11) is 0. The first-order valence-corrected chi connectivity index (χ1v) is 12.5. The molecule has 0 unspecified atom stereocenters. The Balaban J connectivity index is 1.10. The number of aryl methyl sites for hydroxylation is 2. The monoisotopic (exact) mass is 444 g/mol. The molecule has 4 heterocycles. The summed E-state index contributed by atoms with van der Waals surface area (Å²) in [6.45, 7) is 4.25. The average Bonchev–Trinajstić information content (AvgIpc) is 2.99. The highest BCUT2D eigenvalue weighted by Crippen LogP contribution is 2.34. The van der Waals surface area contributed by atoms with Crippen LogP contribution in [0.3, 0.4) is 0 Å². The summed E-state index contributed by atoms with van der Waals surface area (Å²) in [6, 6.07) is 11.7. The molecule has 1 fully saturated rings. The number of H-pyrrole nitrogens is 1. The van der Waals surface area contributed by atoms with Gasteiger partial charge >= 0.3 is 0 Å². The molecule has 6 rings (SSSR count). The minimum absolute atomic E-state index is 0.00886. The molecule has 33 heavy (non-hydrogen) atoms. The molecule has 1 amide bonds. The molecule has 2 aromatic heterocycles. The van der Waals surface area contributed by atoms with E-state index in [1.54, 1.807) is 6.07 Å². The molecule has 2 atom stereocenters. The maximum absolute atomic E-state index is 12.9. The number of nitrogens with zero attached hydrogens (tertiary/aromatic N) is 2. The number of hydrogen-bond donors (Lipinski definition) is 2. The van der Waals surface area contributed by atoms with Gasteiger partial charge in [0.05, 0.1) is 0 Å². The van der Waals surface area contributed by atoms with Gasteiger partial charge in [0.1, 0.15) is 0 Å². The van der Waals surface area contributed by atoms with E-state index in [-0.39, 0.29) is 11.5 Å². The minimum Gasteiger partial charge on any atom is -0.358 e. The summed E-state index contributed by atoms with van der Waals surface area (Å²) < 4.78 is 1.97. The lowest BCUT2D eigenvalue weighted by Crippen LogP contribution is -2.48. The summed E-state index contributed by atoms with van der Waals surface area (Å²) in [5.74, 6) is 0.932. The lowest BCUT2D eigenvalue weighted by Gasteiger charge is -2.42. The first kappa shape index (κ1) is 20.7. The van der Waals surface area contributed by atoms with Crippen molar-refractivity contribution in [2.45, 2.75) is 51.0 Å². The summed E-state index contributed by atoms with van der Waals surface area (Å²) >= 11 is 0. The SMILES string of the molecule is O=C(NCCN1C[C@H]2C[C@@H](C1)c1cccc(=O)n1C2)c1ccc2[nH]c3c(c2c1)CCCCC3. The molecule has 172 valence electrons. The number of aromatic nitrogens is 2. The van der Waals surface area contributed by atoms with Crippen molar-refractivity contribution in [2.75, 3.05) is 26.2 Å². The fraction of sp³-hybridized carbons (Fsp3) is 0.481. The van der Waals surface area contributed by atoms with Gasteiger partial charge in [-0.25, -0.2) is 0 Å². The number of piperidine rings is 1. The topological polar surface area (TPSA) is 70.1 Å². The highest BCUT2D eigenvalue weighted by molar-refractivity contribution is 5.99. The second-order valence-corrected chi connectivity index (χ2v) is 10.1. The number of carbonyl (C=O) groups is 1. The molecule has 2 aliphatic heterocycles. The zero-order valence-electron chi connectivity index (χ0n) is 19.1. The van der Waals surface area contributed by atoms with Gasteiger partial charge in [-0.05, 0) is 67.9 Å². The van der Waals surface area contributed by atoms with E-state index in [0.717, 1.165) is 56.5 Å². The molecule has 6 nitrogen and oxygen atoms in total. The second kappa shape index (κ2) is 8.49. The Morgan fingerprint density at radius 3 is 2.91 bits per heavy atom. The van der Waals surface area contributed by atoms with E-state index in [4.69, 9.17) is 0 Å². The fourth-order valence-corrected chi connectivity index (χ4v) is 6.33. The van der Waals surface area contributed by atoms with Crippen molar-refractivity contribution in [1.29, 1.82) is 0 Å². The number of nitrogens with one attached hydrogen (secondary N) is 2. The van der Waals surface area contributed by atoms with Crippen LogP contribution in [0, 0.1) is 5.92 Å². The Kier molecular flexibility index (Phi) is 5.33. The van der Waals surface area contributed by atoms with Crippen molar-refractivity contribution >= 4 is 16.8 Å². The van der Waals surface area contributed by atoms with Crippen LogP contribution in [0.25, 0.3) is 10.9 Å². The number of hydrogen-bond acceptors (Lipinski definition) is 3. The number of amides is 1. The summed E-state index contributed by atoms with van der Waals surface area (Å²) in [6.07, 6.45) is 7.13.